The molecule has 98 valence electrons. The van der Waals surface area contributed by atoms with Crippen molar-refractivity contribution in [3.05, 3.63) is 11.0 Å². The Hall–Kier alpha value is -1.50. The molecule has 0 aromatic heterocycles. The van der Waals surface area contributed by atoms with Gasteiger partial charge in [0.2, 0.25) is 5.91 Å². The number of esters is 1. The number of carboxylic acid groups (broad SMARTS) is 1. The zero-order valence-corrected chi connectivity index (χ0v) is 10.6. The van der Waals surface area contributed by atoms with Gasteiger partial charge in [-0.25, -0.2) is 4.79 Å². The molecule has 2 aliphatic heterocycles. The Morgan fingerprint density at radius 3 is 2.89 bits per heavy atom. The lowest BCUT2D eigenvalue weighted by Crippen LogP contribution is -2.60. The summed E-state index contributed by atoms with van der Waals surface area (Å²) in [6.07, 6.45) is 0.608. The molecule has 6 nitrogen and oxygen atoms in total. The van der Waals surface area contributed by atoms with Crippen LogP contribution in [0.3, 0.4) is 0 Å². The van der Waals surface area contributed by atoms with Gasteiger partial charge in [0.25, 0.3) is 0 Å². The van der Waals surface area contributed by atoms with Gasteiger partial charge in [-0.3, -0.25) is 9.59 Å². The van der Waals surface area contributed by atoms with Crippen LogP contribution in [-0.4, -0.2) is 45.9 Å². The number of rotatable bonds is 4. The van der Waals surface area contributed by atoms with Crippen LogP contribution in [0.2, 0.25) is 0 Å². The molecule has 18 heavy (non-hydrogen) atoms. The van der Waals surface area contributed by atoms with Crippen molar-refractivity contribution < 1.29 is 24.2 Å². The van der Waals surface area contributed by atoms with Gasteiger partial charge < -0.3 is 14.7 Å². The molecular formula is C11H13NO5S. The Kier molecular flexibility index (Phi) is 3.60. The molecule has 0 spiro atoms. The van der Waals surface area contributed by atoms with Crippen molar-refractivity contribution in [2.75, 3.05) is 6.61 Å². The second-order valence-electron chi connectivity index (χ2n) is 4.04. The predicted octanol–water partition coefficient (Wildman–Crippen LogP) is 0.582. The van der Waals surface area contributed by atoms with Gasteiger partial charge in [-0.1, -0.05) is 6.92 Å². The summed E-state index contributed by atoms with van der Waals surface area (Å²) in [6.45, 7) is 1.59. The Balaban J connectivity index is 2.10. The standard InChI is InChI=1S/C11H13NO5S/c1-2-9(14)17-4-6-5-18-8-3-7(13)12(8)10(6)11(15)16/h5,8,10H,2-4H2,1H3,(H,15,16)/t8-,10?/m1/s1. The molecule has 0 aromatic carbocycles. The van der Waals surface area contributed by atoms with Crippen molar-refractivity contribution >= 4 is 29.6 Å². The number of nitrogens with zero attached hydrogens (tertiary/aromatic N) is 1. The fourth-order valence-corrected chi connectivity index (χ4v) is 3.03. The molecule has 2 heterocycles. The van der Waals surface area contributed by atoms with E-state index in [1.54, 1.807) is 12.3 Å². The summed E-state index contributed by atoms with van der Waals surface area (Å²) >= 11 is 1.39. The van der Waals surface area contributed by atoms with E-state index in [1.807, 2.05) is 0 Å². The lowest BCUT2D eigenvalue weighted by Gasteiger charge is -2.46. The van der Waals surface area contributed by atoms with Crippen LogP contribution in [0.4, 0.5) is 0 Å². The number of aliphatic carboxylic acids is 1. The smallest absolute Gasteiger partial charge is 0.330 e. The van der Waals surface area contributed by atoms with E-state index in [0.29, 0.717) is 12.0 Å². The lowest BCUT2D eigenvalue weighted by molar-refractivity contribution is -0.156. The Bertz CT molecular complexity index is 433. The molecule has 2 aliphatic rings. The summed E-state index contributed by atoms with van der Waals surface area (Å²) in [5, 5.41) is 10.8. The second-order valence-corrected chi connectivity index (χ2v) is 5.10. The maximum absolute atomic E-state index is 11.4. The van der Waals surface area contributed by atoms with Gasteiger partial charge in [-0.2, -0.15) is 0 Å². The van der Waals surface area contributed by atoms with Gasteiger partial charge in [0, 0.05) is 12.0 Å². The topological polar surface area (TPSA) is 83.9 Å². The zero-order valence-electron chi connectivity index (χ0n) is 9.79. The van der Waals surface area contributed by atoms with E-state index in [-0.39, 0.29) is 30.3 Å². The van der Waals surface area contributed by atoms with Crippen molar-refractivity contribution in [1.29, 1.82) is 0 Å². The van der Waals surface area contributed by atoms with Gasteiger partial charge >= 0.3 is 11.9 Å². The molecule has 1 fully saturated rings. The molecule has 0 radical (unpaired) electrons. The van der Waals surface area contributed by atoms with Gasteiger partial charge in [0.15, 0.2) is 6.04 Å². The molecule has 1 N–H and O–H groups in total. The first-order valence-electron chi connectivity index (χ1n) is 5.58. The number of thioether (sulfide) groups is 1. The Morgan fingerprint density at radius 1 is 1.61 bits per heavy atom. The van der Waals surface area contributed by atoms with Crippen molar-refractivity contribution in [2.24, 2.45) is 0 Å². The summed E-state index contributed by atoms with van der Waals surface area (Å²) in [5.74, 6) is -1.65. The summed E-state index contributed by atoms with van der Waals surface area (Å²) < 4.78 is 4.93. The fourth-order valence-electron chi connectivity index (χ4n) is 1.89. The van der Waals surface area contributed by atoms with E-state index in [4.69, 9.17) is 4.74 Å². The first kappa shape index (κ1) is 12.9. The summed E-state index contributed by atoms with van der Waals surface area (Å²) in [6, 6.07) is -0.998. The molecule has 0 aliphatic carbocycles. The molecule has 0 saturated carbocycles. The summed E-state index contributed by atoms with van der Waals surface area (Å²) in [7, 11) is 0. The van der Waals surface area contributed by atoms with Crippen LogP contribution in [0.5, 0.6) is 0 Å². The number of hydrogen-bond acceptors (Lipinski definition) is 5. The molecule has 0 bridgehead atoms. The van der Waals surface area contributed by atoms with Crippen LogP contribution in [-0.2, 0) is 19.1 Å². The van der Waals surface area contributed by atoms with Crippen LogP contribution in [0.25, 0.3) is 0 Å². The van der Waals surface area contributed by atoms with Gasteiger partial charge in [-0.05, 0) is 5.41 Å². The summed E-state index contributed by atoms with van der Waals surface area (Å²) in [4.78, 5) is 35.1. The number of amides is 1. The average molecular weight is 271 g/mol. The molecule has 2 atom stereocenters. The molecule has 1 unspecified atom stereocenters. The van der Waals surface area contributed by atoms with Gasteiger partial charge in [-0.15, -0.1) is 11.8 Å². The minimum absolute atomic E-state index is 0.0762. The number of fused-ring (bicyclic) bond motifs is 1. The Labute approximate surface area is 108 Å². The highest BCUT2D eigenvalue weighted by atomic mass is 32.2. The third-order valence-electron chi connectivity index (χ3n) is 2.88. The van der Waals surface area contributed by atoms with Crippen LogP contribution in [0.15, 0.2) is 11.0 Å². The Morgan fingerprint density at radius 2 is 2.33 bits per heavy atom. The third-order valence-corrected chi connectivity index (χ3v) is 4.02. The maximum Gasteiger partial charge on any atom is 0.330 e. The van der Waals surface area contributed by atoms with Gasteiger partial charge in [0.05, 0.1) is 11.8 Å². The number of carboxylic acids is 1. The number of ether oxygens (including phenoxy) is 1. The first-order valence-corrected chi connectivity index (χ1v) is 6.53. The summed E-state index contributed by atoms with van der Waals surface area (Å²) in [5.41, 5.74) is 0.443. The number of β-lactam (4-membered cyclic amide) rings is 1. The van der Waals surface area contributed by atoms with E-state index in [9.17, 15) is 19.5 Å². The minimum Gasteiger partial charge on any atom is -0.479 e. The monoisotopic (exact) mass is 271 g/mol. The maximum atomic E-state index is 11.4. The molecule has 1 saturated heterocycles. The average Bonchev–Trinajstić information content (AvgIpc) is 2.34. The van der Waals surface area contributed by atoms with Crippen LogP contribution in [0, 0.1) is 0 Å². The zero-order chi connectivity index (χ0) is 13.3. The van der Waals surface area contributed by atoms with E-state index >= 15 is 0 Å². The fraction of sp³-hybridized carbons (Fsp3) is 0.545. The van der Waals surface area contributed by atoms with Gasteiger partial charge in [0.1, 0.15) is 6.61 Å². The molecule has 2 rings (SSSR count). The predicted molar refractivity (Wildman–Crippen MR) is 63.6 cm³/mol. The van der Waals surface area contributed by atoms with Crippen molar-refractivity contribution in [2.45, 2.75) is 31.2 Å². The third kappa shape index (κ3) is 2.22. The quantitative estimate of drug-likeness (QED) is 0.595. The highest BCUT2D eigenvalue weighted by molar-refractivity contribution is 8.02. The van der Waals surface area contributed by atoms with E-state index in [1.165, 1.54) is 16.7 Å². The van der Waals surface area contributed by atoms with E-state index in [2.05, 4.69) is 0 Å². The number of carbonyl (C=O) groups is 3. The van der Waals surface area contributed by atoms with Crippen molar-refractivity contribution in [3.63, 3.8) is 0 Å². The van der Waals surface area contributed by atoms with Crippen LogP contribution in [0.1, 0.15) is 19.8 Å². The minimum atomic E-state index is -1.09. The molecular weight excluding hydrogens is 258 g/mol. The normalized spacial score (nSPS) is 25.9. The van der Waals surface area contributed by atoms with E-state index in [0.717, 1.165) is 0 Å². The first-order chi connectivity index (χ1) is 8.54. The van der Waals surface area contributed by atoms with E-state index < -0.39 is 12.0 Å². The highest BCUT2D eigenvalue weighted by Gasteiger charge is 2.48. The lowest BCUT2D eigenvalue weighted by atomic mass is 10.0. The number of hydrogen-bond donors (Lipinski definition) is 1. The van der Waals surface area contributed by atoms with Crippen LogP contribution >= 0.6 is 11.8 Å². The van der Waals surface area contributed by atoms with Crippen molar-refractivity contribution in [1.82, 2.24) is 4.90 Å². The molecule has 7 heteroatoms. The highest BCUT2D eigenvalue weighted by Crippen LogP contribution is 2.39. The SMILES string of the molecule is CCC(=O)OCC1=CS[C@@H]2CC(=O)N2C1C(=O)O. The van der Waals surface area contributed by atoms with Crippen LogP contribution < -0.4 is 0 Å². The number of carbonyl (C=O) groups excluding carboxylic acids is 2. The molecule has 0 aromatic rings. The van der Waals surface area contributed by atoms with Crippen molar-refractivity contribution in [3.8, 4) is 0 Å². The second kappa shape index (κ2) is 5.01. The molecule has 1 amide bonds. The largest absolute Gasteiger partial charge is 0.479 e.